The highest BCUT2D eigenvalue weighted by molar-refractivity contribution is 6.68. The molecule has 3 nitrogen and oxygen atoms in total. The molecule has 0 heterocycles. The first-order chi connectivity index (χ1) is 7.84. The van der Waals surface area contributed by atoms with Gasteiger partial charge in [0.1, 0.15) is 6.17 Å². The molecule has 0 fully saturated rings. The molecule has 1 amide bonds. The van der Waals surface area contributed by atoms with Crippen molar-refractivity contribution in [3.63, 3.8) is 0 Å². The number of alkyl halides is 3. The highest BCUT2D eigenvalue weighted by atomic mass is 35.6. The number of halogens is 3. The zero-order valence-electron chi connectivity index (χ0n) is 9.43. The van der Waals surface area contributed by atoms with E-state index in [1.54, 1.807) is 19.2 Å². The number of carbonyl (C=O) groups is 1. The summed E-state index contributed by atoms with van der Waals surface area (Å²) in [4.78, 5) is 11.8. The van der Waals surface area contributed by atoms with E-state index in [0.717, 1.165) is 5.56 Å². The number of aryl methyl sites for hydroxylation is 1. The van der Waals surface area contributed by atoms with Gasteiger partial charge in [-0.3, -0.25) is 10.1 Å². The molecule has 0 bridgehead atoms. The van der Waals surface area contributed by atoms with E-state index in [1.165, 1.54) is 0 Å². The van der Waals surface area contributed by atoms with E-state index in [-0.39, 0.29) is 5.91 Å². The van der Waals surface area contributed by atoms with Crippen molar-refractivity contribution in [2.75, 3.05) is 7.05 Å². The highest BCUT2D eigenvalue weighted by Gasteiger charge is 2.32. The molecular formula is C11H13Cl3N2O. The quantitative estimate of drug-likeness (QED) is 0.665. The van der Waals surface area contributed by atoms with Gasteiger partial charge in [-0.2, -0.15) is 0 Å². The molecule has 0 aliphatic rings. The Balaban J connectivity index is 2.75. The minimum atomic E-state index is -1.60. The van der Waals surface area contributed by atoms with Crippen LogP contribution in [0.25, 0.3) is 0 Å². The van der Waals surface area contributed by atoms with Gasteiger partial charge in [-0.05, 0) is 26.1 Å². The predicted octanol–water partition coefficient (Wildman–Crippen LogP) is 2.64. The summed E-state index contributed by atoms with van der Waals surface area (Å²) < 4.78 is -1.60. The third-order valence-electron chi connectivity index (χ3n) is 2.21. The van der Waals surface area contributed by atoms with Crippen molar-refractivity contribution in [1.82, 2.24) is 10.6 Å². The number of hydrogen-bond acceptors (Lipinski definition) is 2. The van der Waals surface area contributed by atoms with Gasteiger partial charge in [0, 0.05) is 5.56 Å². The molecular weight excluding hydrogens is 282 g/mol. The van der Waals surface area contributed by atoms with Crippen molar-refractivity contribution in [1.29, 1.82) is 0 Å². The zero-order valence-corrected chi connectivity index (χ0v) is 11.7. The lowest BCUT2D eigenvalue weighted by molar-refractivity contribution is 0.0931. The van der Waals surface area contributed by atoms with Gasteiger partial charge in [0.2, 0.25) is 3.79 Å². The first-order valence-corrected chi connectivity index (χ1v) is 6.09. The second-order valence-electron chi connectivity index (χ2n) is 3.60. The number of benzene rings is 1. The Labute approximate surface area is 115 Å². The Kier molecular flexibility index (Phi) is 5.07. The highest BCUT2D eigenvalue weighted by Crippen LogP contribution is 2.28. The van der Waals surface area contributed by atoms with Gasteiger partial charge in [0.05, 0.1) is 0 Å². The van der Waals surface area contributed by atoms with Crippen LogP contribution >= 0.6 is 34.8 Å². The van der Waals surface area contributed by atoms with Crippen LogP contribution in [-0.4, -0.2) is 22.9 Å². The second kappa shape index (κ2) is 5.91. The topological polar surface area (TPSA) is 41.1 Å². The standard InChI is InChI=1S/C11H13Cl3N2O/c1-7-3-5-8(6-4-7)9(17)16-10(15-2)11(12,13)14/h3-6,10,15H,1-2H3,(H,16,17)/t10-/m1/s1. The maximum atomic E-state index is 11.8. The van der Waals surface area contributed by atoms with E-state index in [2.05, 4.69) is 10.6 Å². The van der Waals surface area contributed by atoms with Gasteiger partial charge in [-0.25, -0.2) is 0 Å². The van der Waals surface area contributed by atoms with Gasteiger partial charge in [0.15, 0.2) is 0 Å². The first-order valence-electron chi connectivity index (χ1n) is 4.96. The summed E-state index contributed by atoms with van der Waals surface area (Å²) in [7, 11) is 1.60. The number of carbonyl (C=O) groups excluding carboxylic acids is 1. The molecule has 0 spiro atoms. The lowest BCUT2D eigenvalue weighted by atomic mass is 10.1. The molecule has 0 aliphatic carbocycles. The maximum Gasteiger partial charge on any atom is 0.252 e. The number of nitrogens with one attached hydrogen (secondary N) is 2. The fourth-order valence-electron chi connectivity index (χ4n) is 1.24. The van der Waals surface area contributed by atoms with Crippen molar-refractivity contribution < 1.29 is 4.79 Å². The van der Waals surface area contributed by atoms with Crippen LogP contribution in [0.3, 0.4) is 0 Å². The Morgan fingerprint density at radius 2 is 1.76 bits per heavy atom. The summed E-state index contributed by atoms with van der Waals surface area (Å²) in [6.07, 6.45) is -0.749. The molecule has 17 heavy (non-hydrogen) atoms. The van der Waals surface area contributed by atoms with Crippen LogP contribution in [0.2, 0.25) is 0 Å². The smallest absolute Gasteiger partial charge is 0.252 e. The van der Waals surface area contributed by atoms with Crippen LogP contribution < -0.4 is 10.6 Å². The summed E-state index contributed by atoms with van der Waals surface area (Å²) >= 11 is 17.1. The van der Waals surface area contributed by atoms with E-state index < -0.39 is 9.96 Å². The van der Waals surface area contributed by atoms with Crippen molar-refractivity contribution in [3.05, 3.63) is 35.4 Å². The minimum absolute atomic E-state index is 0.296. The van der Waals surface area contributed by atoms with Crippen molar-refractivity contribution >= 4 is 40.7 Å². The normalized spacial score (nSPS) is 13.2. The average molecular weight is 296 g/mol. The van der Waals surface area contributed by atoms with Crippen LogP contribution in [0.4, 0.5) is 0 Å². The molecule has 0 radical (unpaired) electrons. The van der Waals surface area contributed by atoms with E-state index >= 15 is 0 Å². The Morgan fingerprint density at radius 3 is 2.18 bits per heavy atom. The molecule has 0 aromatic heterocycles. The maximum absolute atomic E-state index is 11.8. The SMILES string of the molecule is CN[C@H](NC(=O)c1ccc(C)cc1)C(Cl)(Cl)Cl. The summed E-state index contributed by atoms with van der Waals surface area (Å²) in [6.45, 7) is 1.94. The lowest BCUT2D eigenvalue weighted by Gasteiger charge is -2.24. The van der Waals surface area contributed by atoms with E-state index in [1.807, 2.05) is 19.1 Å². The number of rotatable bonds is 3. The largest absolute Gasteiger partial charge is 0.333 e. The third kappa shape index (κ3) is 4.36. The predicted molar refractivity (Wildman–Crippen MR) is 71.8 cm³/mol. The number of amides is 1. The molecule has 1 atom stereocenters. The second-order valence-corrected chi connectivity index (χ2v) is 5.97. The number of hydrogen-bond donors (Lipinski definition) is 2. The first kappa shape index (κ1) is 14.6. The monoisotopic (exact) mass is 294 g/mol. The summed E-state index contributed by atoms with van der Waals surface area (Å²) in [5.74, 6) is -0.296. The van der Waals surface area contributed by atoms with Gasteiger partial charge in [-0.15, -0.1) is 0 Å². The van der Waals surface area contributed by atoms with Gasteiger partial charge < -0.3 is 5.32 Å². The van der Waals surface area contributed by atoms with Crippen molar-refractivity contribution in [3.8, 4) is 0 Å². The fourth-order valence-corrected chi connectivity index (χ4v) is 1.73. The molecule has 0 aliphatic heterocycles. The van der Waals surface area contributed by atoms with Gasteiger partial charge in [-0.1, -0.05) is 52.5 Å². The van der Waals surface area contributed by atoms with Gasteiger partial charge in [0.25, 0.3) is 5.91 Å². The lowest BCUT2D eigenvalue weighted by Crippen LogP contribution is -2.51. The van der Waals surface area contributed by atoms with Crippen LogP contribution in [0, 0.1) is 6.92 Å². The average Bonchev–Trinajstić information content (AvgIpc) is 2.24. The molecule has 1 rings (SSSR count). The summed E-state index contributed by atoms with van der Waals surface area (Å²) in [5.41, 5.74) is 1.60. The molecule has 0 unspecified atom stereocenters. The van der Waals surface area contributed by atoms with Crippen molar-refractivity contribution in [2.45, 2.75) is 16.9 Å². The Bertz CT molecular complexity index is 387. The van der Waals surface area contributed by atoms with Crippen LogP contribution in [0.5, 0.6) is 0 Å². The minimum Gasteiger partial charge on any atom is -0.333 e. The molecule has 1 aromatic carbocycles. The fraction of sp³-hybridized carbons (Fsp3) is 0.364. The van der Waals surface area contributed by atoms with Crippen LogP contribution in [-0.2, 0) is 0 Å². The molecule has 94 valence electrons. The molecule has 1 aromatic rings. The molecule has 0 saturated heterocycles. The van der Waals surface area contributed by atoms with E-state index in [0.29, 0.717) is 5.56 Å². The summed E-state index contributed by atoms with van der Waals surface area (Å²) in [5, 5.41) is 5.32. The van der Waals surface area contributed by atoms with E-state index in [9.17, 15) is 4.79 Å². The van der Waals surface area contributed by atoms with Crippen molar-refractivity contribution in [2.24, 2.45) is 0 Å². The summed E-state index contributed by atoms with van der Waals surface area (Å²) in [6, 6.07) is 7.13. The molecule has 6 heteroatoms. The van der Waals surface area contributed by atoms with Crippen LogP contribution in [0.15, 0.2) is 24.3 Å². The van der Waals surface area contributed by atoms with Crippen LogP contribution in [0.1, 0.15) is 15.9 Å². The van der Waals surface area contributed by atoms with Gasteiger partial charge >= 0.3 is 0 Å². The molecule has 0 saturated carbocycles. The zero-order chi connectivity index (χ0) is 13.1. The molecule has 2 N–H and O–H groups in total. The Morgan fingerprint density at radius 1 is 1.24 bits per heavy atom. The third-order valence-corrected chi connectivity index (χ3v) is 2.86. The van der Waals surface area contributed by atoms with E-state index in [4.69, 9.17) is 34.8 Å². The Hall–Kier alpha value is -0.480.